The van der Waals surface area contributed by atoms with E-state index in [2.05, 4.69) is 10.3 Å². The average molecular weight is 292 g/mol. The number of hydrogen-bond acceptors (Lipinski definition) is 5. The third kappa shape index (κ3) is 3.39. The molecule has 0 saturated carbocycles. The Kier molecular flexibility index (Phi) is 4.42. The van der Waals surface area contributed by atoms with Crippen LogP contribution in [0.25, 0.3) is 0 Å². The van der Waals surface area contributed by atoms with E-state index in [1.165, 1.54) is 6.20 Å². The molecule has 1 heterocycles. The third-order valence-corrected chi connectivity index (χ3v) is 2.76. The molecule has 0 saturated heterocycles. The van der Waals surface area contributed by atoms with Crippen molar-refractivity contribution >= 4 is 34.8 Å². The number of halogens is 1. The number of rotatable bonds is 4. The van der Waals surface area contributed by atoms with Crippen molar-refractivity contribution in [2.75, 3.05) is 17.7 Å². The van der Waals surface area contributed by atoms with Crippen LogP contribution in [0.4, 0.5) is 17.2 Å². The summed E-state index contributed by atoms with van der Waals surface area (Å²) in [6.07, 6.45) is 1.42. The number of anilines is 3. The number of nitrogens with one attached hydrogen (secondary N) is 1. The number of benzene rings is 1. The molecule has 1 aromatic carbocycles. The van der Waals surface area contributed by atoms with E-state index in [9.17, 15) is 4.79 Å². The summed E-state index contributed by atoms with van der Waals surface area (Å²) < 4.78 is 4.94. The Morgan fingerprint density at radius 2 is 2.25 bits per heavy atom. The fourth-order valence-electron chi connectivity index (χ4n) is 1.63. The molecule has 104 valence electrons. The number of carbonyl (C=O) groups excluding carboxylic acids is 1. The van der Waals surface area contributed by atoms with Crippen LogP contribution >= 0.6 is 11.6 Å². The summed E-state index contributed by atoms with van der Waals surface area (Å²) in [5, 5.41) is 3.66. The van der Waals surface area contributed by atoms with Crippen molar-refractivity contribution in [2.45, 2.75) is 6.92 Å². The first kappa shape index (κ1) is 14.1. The Labute approximate surface area is 121 Å². The number of hydrogen-bond donors (Lipinski definition) is 2. The number of esters is 1. The number of nitrogens with zero attached hydrogens (tertiary/aromatic N) is 1. The number of aromatic nitrogens is 1. The Morgan fingerprint density at radius 1 is 1.45 bits per heavy atom. The minimum atomic E-state index is -0.471. The molecule has 0 aliphatic carbocycles. The Bertz CT molecular complexity index is 632. The zero-order valence-corrected chi connectivity index (χ0v) is 11.6. The molecule has 0 bridgehead atoms. The van der Waals surface area contributed by atoms with E-state index in [4.69, 9.17) is 22.1 Å². The smallest absolute Gasteiger partial charge is 0.340 e. The maximum Gasteiger partial charge on any atom is 0.340 e. The third-order valence-electron chi connectivity index (χ3n) is 2.53. The van der Waals surface area contributed by atoms with E-state index in [0.29, 0.717) is 10.8 Å². The molecule has 0 spiro atoms. The van der Waals surface area contributed by atoms with Crippen molar-refractivity contribution in [3.63, 3.8) is 0 Å². The Hall–Kier alpha value is -2.27. The minimum absolute atomic E-state index is 0.278. The van der Waals surface area contributed by atoms with Gasteiger partial charge in [0.05, 0.1) is 24.1 Å². The molecule has 3 N–H and O–H groups in total. The Morgan fingerprint density at radius 3 is 2.95 bits per heavy atom. The maximum atomic E-state index is 11.7. The second kappa shape index (κ2) is 6.25. The van der Waals surface area contributed by atoms with Gasteiger partial charge in [0.1, 0.15) is 5.82 Å². The van der Waals surface area contributed by atoms with Gasteiger partial charge in [-0.1, -0.05) is 17.7 Å². The highest BCUT2D eigenvalue weighted by Crippen LogP contribution is 2.21. The lowest BCUT2D eigenvalue weighted by Gasteiger charge is -2.09. The molecule has 6 heteroatoms. The monoisotopic (exact) mass is 291 g/mol. The summed E-state index contributed by atoms with van der Waals surface area (Å²) in [7, 11) is 0. The predicted octanol–water partition coefficient (Wildman–Crippen LogP) is 3.24. The number of nitrogens with two attached hydrogens (primary N) is 1. The fourth-order valence-corrected chi connectivity index (χ4v) is 1.82. The minimum Gasteiger partial charge on any atom is -0.462 e. The molecular weight excluding hydrogens is 278 g/mol. The van der Waals surface area contributed by atoms with Gasteiger partial charge in [-0.3, -0.25) is 0 Å². The molecule has 20 heavy (non-hydrogen) atoms. The van der Waals surface area contributed by atoms with Crippen molar-refractivity contribution in [3.05, 3.63) is 47.1 Å². The summed E-state index contributed by atoms with van der Waals surface area (Å²) in [6.45, 7) is 2.03. The first-order valence-corrected chi connectivity index (χ1v) is 6.43. The van der Waals surface area contributed by atoms with Crippen LogP contribution < -0.4 is 11.1 Å². The van der Waals surface area contributed by atoms with Crippen LogP contribution in [0.5, 0.6) is 0 Å². The quantitative estimate of drug-likeness (QED) is 0.846. The van der Waals surface area contributed by atoms with E-state index in [0.717, 1.165) is 5.69 Å². The van der Waals surface area contributed by atoms with Crippen LogP contribution in [0.1, 0.15) is 17.3 Å². The molecule has 0 amide bonds. The van der Waals surface area contributed by atoms with Crippen molar-refractivity contribution in [3.8, 4) is 0 Å². The Balaban J connectivity index is 2.25. The lowest BCUT2D eigenvalue weighted by molar-refractivity contribution is 0.0527. The largest absolute Gasteiger partial charge is 0.462 e. The van der Waals surface area contributed by atoms with Crippen LogP contribution in [0.15, 0.2) is 36.5 Å². The summed E-state index contributed by atoms with van der Waals surface area (Å²) >= 11 is 5.90. The molecule has 0 aliphatic heterocycles. The molecule has 0 atom stereocenters. The lowest BCUT2D eigenvalue weighted by Crippen LogP contribution is -2.09. The van der Waals surface area contributed by atoms with Crippen molar-refractivity contribution < 1.29 is 9.53 Å². The summed E-state index contributed by atoms with van der Waals surface area (Å²) in [4.78, 5) is 15.9. The summed E-state index contributed by atoms with van der Waals surface area (Å²) in [5.74, 6) is 0.0195. The molecule has 0 unspecified atom stereocenters. The average Bonchev–Trinajstić information content (AvgIpc) is 2.41. The second-order valence-electron chi connectivity index (χ2n) is 4.01. The number of nitrogen functional groups attached to an aromatic ring is 1. The molecule has 2 rings (SSSR count). The van der Waals surface area contributed by atoms with Gasteiger partial charge in [-0.25, -0.2) is 9.78 Å². The van der Waals surface area contributed by atoms with Gasteiger partial charge < -0.3 is 15.8 Å². The molecule has 0 fully saturated rings. The normalized spacial score (nSPS) is 10.1. The van der Waals surface area contributed by atoms with Crippen LogP contribution in [-0.2, 0) is 4.74 Å². The van der Waals surface area contributed by atoms with Crippen LogP contribution in [0, 0.1) is 0 Å². The molecule has 0 radical (unpaired) electrons. The molecule has 1 aromatic heterocycles. The highest BCUT2D eigenvalue weighted by Gasteiger charge is 2.12. The number of carbonyl (C=O) groups is 1. The van der Waals surface area contributed by atoms with Gasteiger partial charge in [0.15, 0.2) is 0 Å². The van der Waals surface area contributed by atoms with Crippen LogP contribution in [0.2, 0.25) is 5.02 Å². The molecule has 2 aromatic rings. The second-order valence-corrected chi connectivity index (χ2v) is 4.45. The van der Waals surface area contributed by atoms with E-state index in [-0.39, 0.29) is 17.9 Å². The predicted molar refractivity (Wildman–Crippen MR) is 79.3 cm³/mol. The van der Waals surface area contributed by atoms with Crippen LogP contribution in [0.3, 0.4) is 0 Å². The number of pyridine rings is 1. The highest BCUT2D eigenvalue weighted by molar-refractivity contribution is 6.30. The molecular formula is C14H14ClN3O2. The first-order chi connectivity index (χ1) is 9.60. The van der Waals surface area contributed by atoms with E-state index >= 15 is 0 Å². The molecule has 0 aliphatic rings. The lowest BCUT2D eigenvalue weighted by atomic mass is 10.2. The van der Waals surface area contributed by atoms with E-state index < -0.39 is 5.97 Å². The van der Waals surface area contributed by atoms with Gasteiger partial charge in [-0.05, 0) is 31.2 Å². The van der Waals surface area contributed by atoms with Gasteiger partial charge in [-0.2, -0.15) is 0 Å². The van der Waals surface area contributed by atoms with Gasteiger partial charge in [0.25, 0.3) is 0 Å². The van der Waals surface area contributed by atoms with Gasteiger partial charge in [0, 0.05) is 10.7 Å². The zero-order chi connectivity index (χ0) is 14.5. The highest BCUT2D eigenvalue weighted by atomic mass is 35.5. The van der Waals surface area contributed by atoms with Gasteiger partial charge in [0.2, 0.25) is 0 Å². The zero-order valence-electron chi connectivity index (χ0n) is 10.9. The molecule has 5 nitrogen and oxygen atoms in total. The summed E-state index contributed by atoms with van der Waals surface area (Å²) in [5.41, 5.74) is 7.06. The van der Waals surface area contributed by atoms with E-state index in [1.54, 1.807) is 25.1 Å². The standard InChI is InChI=1S/C14H14ClN3O2/c1-2-20-14(19)11-7-13(17-8-12(11)16)18-10-5-3-4-9(15)6-10/h3-8H,2,16H2,1H3,(H,17,18). The van der Waals surface area contributed by atoms with Crippen molar-refractivity contribution in [2.24, 2.45) is 0 Å². The maximum absolute atomic E-state index is 11.7. The van der Waals surface area contributed by atoms with E-state index in [1.807, 2.05) is 12.1 Å². The first-order valence-electron chi connectivity index (χ1n) is 6.05. The number of ether oxygens (including phenoxy) is 1. The van der Waals surface area contributed by atoms with Gasteiger partial charge >= 0.3 is 5.97 Å². The topological polar surface area (TPSA) is 77.2 Å². The van der Waals surface area contributed by atoms with Crippen LogP contribution in [-0.4, -0.2) is 17.6 Å². The fraction of sp³-hybridized carbons (Fsp3) is 0.143. The summed E-state index contributed by atoms with van der Waals surface area (Å²) in [6, 6.07) is 8.73. The SMILES string of the molecule is CCOC(=O)c1cc(Nc2cccc(Cl)c2)ncc1N. The van der Waals surface area contributed by atoms with Crippen molar-refractivity contribution in [1.29, 1.82) is 0 Å². The van der Waals surface area contributed by atoms with Gasteiger partial charge in [-0.15, -0.1) is 0 Å². The van der Waals surface area contributed by atoms with Crippen molar-refractivity contribution in [1.82, 2.24) is 4.98 Å².